The molecule has 0 aliphatic rings. The van der Waals surface area contributed by atoms with Crippen LogP contribution in [0.4, 0.5) is 28.8 Å². The monoisotopic (exact) mass is 390 g/mol. The smallest absolute Gasteiger partial charge is 0.160 e. The van der Waals surface area contributed by atoms with Crippen LogP contribution in [0.1, 0.15) is 0 Å². The Hall–Kier alpha value is -2.38. The average molecular weight is 392 g/mol. The largest absolute Gasteiger partial charge is 0.393 e. The van der Waals surface area contributed by atoms with Crippen LogP contribution in [-0.2, 0) is 0 Å². The molecular formula is C15H12BrClN6. The number of halogens is 2. The van der Waals surface area contributed by atoms with Gasteiger partial charge >= 0.3 is 0 Å². The SMILES string of the molecule is Nc1c(Nc2cccc(Br)c2)ncnc1Nc1ccc(Cl)cn1. The first-order chi connectivity index (χ1) is 11.1. The quantitative estimate of drug-likeness (QED) is 0.612. The molecular weight excluding hydrogens is 380 g/mol. The molecule has 0 aliphatic heterocycles. The summed E-state index contributed by atoms with van der Waals surface area (Å²) in [6.07, 6.45) is 2.97. The van der Waals surface area contributed by atoms with E-state index in [9.17, 15) is 0 Å². The van der Waals surface area contributed by atoms with Crippen molar-refractivity contribution >= 4 is 56.4 Å². The summed E-state index contributed by atoms with van der Waals surface area (Å²) in [5.41, 5.74) is 7.39. The van der Waals surface area contributed by atoms with E-state index >= 15 is 0 Å². The van der Waals surface area contributed by atoms with Crippen molar-refractivity contribution in [2.24, 2.45) is 0 Å². The molecule has 0 saturated heterocycles. The number of nitrogen functional groups attached to an aromatic ring is 1. The third-order valence-corrected chi connectivity index (χ3v) is 3.66. The molecule has 4 N–H and O–H groups in total. The lowest BCUT2D eigenvalue weighted by molar-refractivity contribution is 1.16. The molecule has 116 valence electrons. The maximum absolute atomic E-state index is 6.13. The second-order valence-corrected chi connectivity index (χ2v) is 5.96. The molecule has 0 saturated carbocycles. The number of hydrogen-bond acceptors (Lipinski definition) is 6. The van der Waals surface area contributed by atoms with Gasteiger partial charge in [0.15, 0.2) is 11.6 Å². The van der Waals surface area contributed by atoms with Crippen LogP contribution in [0.2, 0.25) is 5.02 Å². The number of rotatable bonds is 4. The van der Waals surface area contributed by atoms with Gasteiger partial charge < -0.3 is 16.4 Å². The fraction of sp³-hybridized carbons (Fsp3) is 0. The Balaban J connectivity index is 1.84. The van der Waals surface area contributed by atoms with Gasteiger partial charge in [0.05, 0.1) is 5.02 Å². The topological polar surface area (TPSA) is 88.8 Å². The average Bonchev–Trinajstić information content (AvgIpc) is 2.53. The molecule has 6 nitrogen and oxygen atoms in total. The fourth-order valence-electron chi connectivity index (χ4n) is 1.87. The Morgan fingerprint density at radius 2 is 1.78 bits per heavy atom. The second-order valence-electron chi connectivity index (χ2n) is 4.61. The first kappa shape index (κ1) is 15.5. The van der Waals surface area contributed by atoms with Crippen LogP contribution < -0.4 is 16.4 Å². The van der Waals surface area contributed by atoms with Crippen LogP contribution in [0.3, 0.4) is 0 Å². The number of aromatic nitrogens is 3. The maximum atomic E-state index is 6.13. The highest BCUT2D eigenvalue weighted by Crippen LogP contribution is 2.28. The van der Waals surface area contributed by atoms with E-state index in [2.05, 4.69) is 41.5 Å². The number of anilines is 5. The minimum absolute atomic E-state index is 0.393. The number of nitrogens with zero attached hydrogens (tertiary/aromatic N) is 3. The summed E-state index contributed by atoms with van der Waals surface area (Å²) in [6.45, 7) is 0. The Labute approximate surface area is 146 Å². The molecule has 0 aliphatic carbocycles. The number of nitrogens with two attached hydrogens (primary N) is 1. The van der Waals surface area contributed by atoms with E-state index in [1.54, 1.807) is 18.3 Å². The summed E-state index contributed by atoms with van der Waals surface area (Å²) in [7, 11) is 0. The zero-order chi connectivity index (χ0) is 16.2. The molecule has 0 unspecified atom stereocenters. The summed E-state index contributed by atoms with van der Waals surface area (Å²) >= 11 is 9.24. The van der Waals surface area contributed by atoms with Crippen LogP contribution in [0.15, 0.2) is 53.4 Å². The van der Waals surface area contributed by atoms with Gasteiger partial charge in [0.1, 0.15) is 17.8 Å². The van der Waals surface area contributed by atoms with Crippen LogP contribution in [0.25, 0.3) is 0 Å². The molecule has 0 radical (unpaired) electrons. The van der Waals surface area contributed by atoms with Crippen molar-refractivity contribution in [3.05, 3.63) is 58.4 Å². The van der Waals surface area contributed by atoms with E-state index in [0.717, 1.165) is 10.2 Å². The van der Waals surface area contributed by atoms with Gasteiger partial charge in [0, 0.05) is 16.4 Å². The van der Waals surface area contributed by atoms with E-state index in [1.165, 1.54) is 6.33 Å². The zero-order valence-corrected chi connectivity index (χ0v) is 14.1. The number of nitrogens with one attached hydrogen (secondary N) is 2. The molecule has 0 fully saturated rings. The molecule has 2 aromatic heterocycles. The molecule has 0 atom stereocenters. The fourth-order valence-corrected chi connectivity index (χ4v) is 2.38. The molecule has 3 aromatic rings. The van der Waals surface area contributed by atoms with E-state index in [0.29, 0.717) is 28.2 Å². The van der Waals surface area contributed by atoms with Gasteiger partial charge in [-0.2, -0.15) is 0 Å². The van der Waals surface area contributed by atoms with Crippen molar-refractivity contribution in [1.82, 2.24) is 15.0 Å². The van der Waals surface area contributed by atoms with Crippen molar-refractivity contribution in [3.63, 3.8) is 0 Å². The lowest BCUT2D eigenvalue weighted by atomic mass is 10.3. The van der Waals surface area contributed by atoms with Crippen molar-refractivity contribution in [1.29, 1.82) is 0 Å². The third kappa shape index (κ3) is 3.88. The van der Waals surface area contributed by atoms with E-state index in [4.69, 9.17) is 17.3 Å². The molecule has 0 spiro atoms. The molecule has 0 bridgehead atoms. The first-order valence-corrected chi connectivity index (χ1v) is 7.80. The number of hydrogen-bond donors (Lipinski definition) is 3. The lowest BCUT2D eigenvalue weighted by Crippen LogP contribution is -2.05. The van der Waals surface area contributed by atoms with Gasteiger partial charge in [-0.25, -0.2) is 15.0 Å². The number of pyridine rings is 1. The maximum Gasteiger partial charge on any atom is 0.160 e. The van der Waals surface area contributed by atoms with Crippen molar-refractivity contribution in [2.75, 3.05) is 16.4 Å². The molecule has 1 aromatic carbocycles. The van der Waals surface area contributed by atoms with Gasteiger partial charge in [-0.15, -0.1) is 0 Å². The minimum atomic E-state index is 0.393. The predicted molar refractivity (Wildman–Crippen MR) is 96.4 cm³/mol. The number of benzene rings is 1. The van der Waals surface area contributed by atoms with Gasteiger partial charge in [-0.3, -0.25) is 0 Å². The van der Waals surface area contributed by atoms with Gasteiger partial charge in [-0.05, 0) is 30.3 Å². The third-order valence-electron chi connectivity index (χ3n) is 2.95. The Kier molecular flexibility index (Phi) is 4.59. The molecule has 23 heavy (non-hydrogen) atoms. The van der Waals surface area contributed by atoms with Crippen LogP contribution in [-0.4, -0.2) is 15.0 Å². The van der Waals surface area contributed by atoms with Gasteiger partial charge in [0.25, 0.3) is 0 Å². The highest BCUT2D eigenvalue weighted by molar-refractivity contribution is 9.10. The molecule has 2 heterocycles. The van der Waals surface area contributed by atoms with E-state index in [1.807, 2.05) is 24.3 Å². The van der Waals surface area contributed by atoms with Crippen LogP contribution in [0.5, 0.6) is 0 Å². The molecule has 3 rings (SSSR count). The zero-order valence-electron chi connectivity index (χ0n) is 11.8. The first-order valence-electron chi connectivity index (χ1n) is 6.63. The normalized spacial score (nSPS) is 10.3. The van der Waals surface area contributed by atoms with Crippen LogP contribution >= 0.6 is 27.5 Å². The van der Waals surface area contributed by atoms with Crippen molar-refractivity contribution in [2.45, 2.75) is 0 Å². The highest BCUT2D eigenvalue weighted by atomic mass is 79.9. The summed E-state index contributed by atoms with van der Waals surface area (Å²) < 4.78 is 0.957. The van der Waals surface area contributed by atoms with E-state index in [-0.39, 0.29) is 0 Å². The highest BCUT2D eigenvalue weighted by Gasteiger charge is 2.09. The summed E-state index contributed by atoms with van der Waals surface area (Å²) in [5.74, 6) is 1.56. The Morgan fingerprint density at radius 1 is 1.00 bits per heavy atom. The second kappa shape index (κ2) is 6.80. The summed E-state index contributed by atoms with van der Waals surface area (Å²) in [5, 5.41) is 6.76. The summed E-state index contributed by atoms with van der Waals surface area (Å²) in [4.78, 5) is 12.5. The lowest BCUT2D eigenvalue weighted by Gasteiger charge is -2.12. The van der Waals surface area contributed by atoms with Gasteiger partial charge in [-0.1, -0.05) is 33.6 Å². The predicted octanol–water partition coefficient (Wildman–Crippen LogP) is 4.36. The minimum Gasteiger partial charge on any atom is -0.393 e. The Bertz CT molecular complexity index is 824. The van der Waals surface area contributed by atoms with Crippen molar-refractivity contribution in [3.8, 4) is 0 Å². The molecule has 8 heteroatoms. The van der Waals surface area contributed by atoms with Crippen molar-refractivity contribution < 1.29 is 0 Å². The van der Waals surface area contributed by atoms with E-state index < -0.39 is 0 Å². The van der Waals surface area contributed by atoms with Crippen LogP contribution in [0, 0.1) is 0 Å². The van der Waals surface area contributed by atoms with Gasteiger partial charge in [0.2, 0.25) is 0 Å². The molecule has 0 amide bonds. The Morgan fingerprint density at radius 3 is 2.48 bits per heavy atom. The standard InChI is InChI=1S/C15H12BrClN6/c16-9-2-1-3-11(6-9)22-14-13(18)15(21-8-20-14)23-12-5-4-10(17)7-19-12/h1-8H,18H2,(H2,19,20,21,22,23). The summed E-state index contributed by atoms with van der Waals surface area (Å²) in [6, 6.07) is 11.2.